The van der Waals surface area contributed by atoms with Crippen molar-refractivity contribution in [2.75, 3.05) is 20.8 Å². The molecular weight excluding hydrogens is 266 g/mol. The minimum atomic E-state index is -0.525. The Hall–Kier alpha value is -0.970. The predicted molar refractivity (Wildman–Crippen MR) is 75.1 cm³/mol. The number of benzene rings is 1. The fourth-order valence-corrected chi connectivity index (χ4v) is 2.56. The monoisotopic (exact) mass is 285 g/mol. The fraction of sp³-hybridized carbons (Fsp3) is 0.571. The zero-order valence-corrected chi connectivity index (χ0v) is 12.1. The van der Waals surface area contributed by atoms with Crippen molar-refractivity contribution in [2.24, 2.45) is 0 Å². The summed E-state index contributed by atoms with van der Waals surface area (Å²) in [6.45, 7) is 1.19. The van der Waals surface area contributed by atoms with Gasteiger partial charge in [-0.05, 0) is 30.9 Å². The molecule has 1 saturated carbocycles. The first-order valence-electron chi connectivity index (χ1n) is 6.42. The number of rotatable bonds is 6. The van der Waals surface area contributed by atoms with Crippen molar-refractivity contribution in [2.45, 2.75) is 31.4 Å². The second-order valence-electron chi connectivity index (χ2n) is 4.96. The van der Waals surface area contributed by atoms with Crippen molar-refractivity contribution in [1.82, 2.24) is 5.32 Å². The van der Waals surface area contributed by atoms with E-state index in [4.69, 9.17) is 21.1 Å². The van der Waals surface area contributed by atoms with Crippen LogP contribution >= 0.6 is 11.6 Å². The van der Waals surface area contributed by atoms with Crippen molar-refractivity contribution < 1.29 is 14.6 Å². The van der Waals surface area contributed by atoms with E-state index in [2.05, 4.69) is 5.32 Å². The van der Waals surface area contributed by atoms with Crippen molar-refractivity contribution in [3.05, 3.63) is 22.7 Å². The first kappa shape index (κ1) is 14.4. The van der Waals surface area contributed by atoms with Gasteiger partial charge in [-0.2, -0.15) is 0 Å². The molecule has 0 bridgehead atoms. The summed E-state index contributed by atoms with van der Waals surface area (Å²) < 4.78 is 10.4. The molecule has 1 aromatic carbocycles. The Morgan fingerprint density at radius 2 is 2.05 bits per heavy atom. The highest BCUT2D eigenvalue weighted by atomic mass is 35.5. The Bertz CT molecular complexity index is 447. The highest BCUT2D eigenvalue weighted by Crippen LogP contribution is 2.37. The molecule has 4 nitrogen and oxygen atoms in total. The van der Waals surface area contributed by atoms with E-state index < -0.39 is 5.60 Å². The normalized spacial score (nSPS) is 16.8. The molecule has 1 aliphatic rings. The number of nitrogens with one attached hydrogen (secondary N) is 1. The maximum Gasteiger partial charge on any atom is 0.179 e. The van der Waals surface area contributed by atoms with Crippen LogP contribution < -0.4 is 14.8 Å². The minimum Gasteiger partial charge on any atom is -0.493 e. The van der Waals surface area contributed by atoms with Crippen LogP contribution in [-0.4, -0.2) is 31.5 Å². The largest absolute Gasteiger partial charge is 0.493 e. The van der Waals surface area contributed by atoms with Crippen molar-refractivity contribution in [3.8, 4) is 11.5 Å². The molecule has 0 heterocycles. The Labute approximate surface area is 118 Å². The van der Waals surface area contributed by atoms with Crippen LogP contribution in [-0.2, 0) is 6.54 Å². The molecule has 1 aromatic rings. The Kier molecular flexibility index (Phi) is 4.55. The maximum atomic E-state index is 10.0. The van der Waals surface area contributed by atoms with Gasteiger partial charge in [0.2, 0.25) is 0 Å². The Morgan fingerprint density at radius 1 is 1.32 bits per heavy atom. The Balaban J connectivity index is 2.00. The summed E-state index contributed by atoms with van der Waals surface area (Å²) in [5, 5.41) is 13.8. The average Bonchev–Trinajstić information content (AvgIpc) is 2.38. The lowest BCUT2D eigenvalue weighted by atomic mass is 9.80. The summed E-state index contributed by atoms with van der Waals surface area (Å²) in [5.74, 6) is 1.17. The molecule has 0 spiro atoms. The van der Waals surface area contributed by atoms with E-state index >= 15 is 0 Å². The third-order valence-corrected chi connectivity index (χ3v) is 4.03. The van der Waals surface area contributed by atoms with Crippen molar-refractivity contribution in [1.29, 1.82) is 0 Å². The van der Waals surface area contributed by atoms with E-state index in [1.165, 1.54) is 0 Å². The molecule has 106 valence electrons. The highest BCUT2D eigenvalue weighted by Gasteiger charge is 2.33. The van der Waals surface area contributed by atoms with E-state index in [1.54, 1.807) is 14.2 Å². The third kappa shape index (κ3) is 3.14. The standard InChI is InChI=1S/C14H20ClNO3/c1-18-11-5-4-10(12(15)13(11)19-2)8-16-9-14(17)6-3-7-14/h4-5,16-17H,3,6-9H2,1-2H3. The molecule has 0 amide bonds. The summed E-state index contributed by atoms with van der Waals surface area (Å²) in [7, 11) is 3.15. The van der Waals surface area contributed by atoms with Crippen LogP contribution in [0.4, 0.5) is 0 Å². The Morgan fingerprint density at radius 3 is 2.58 bits per heavy atom. The molecule has 0 radical (unpaired) electrons. The summed E-state index contributed by atoms with van der Waals surface area (Å²) in [6.07, 6.45) is 2.86. The van der Waals surface area contributed by atoms with Crippen molar-refractivity contribution in [3.63, 3.8) is 0 Å². The molecular formula is C14H20ClNO3. The lowest BCUT2D eigenvalue weighted by Crippen LogP contribution is -2.46. The van der Waals surface area contributed by atoms with Gasteiger partial charge in [0.15, 0.2) is 11.5 Å². The second-order valence-corrected chi connectivity index (χ2v) is 5.33. The van der Waals surface area contributed by atoms with Gasteiger partial charge in [-0.3, -0.25) is 0 Å². The quantitative estimate of drug-likeness (QED) is 0.842. The van der Waals surface area contributed by atoms with Crippen LogP contribution in [0.15, 0.2) is 12.1 Å². The van der Waals surface area contributed by atoms with Gasteiger partial charge in [-0.25, -0.2) is 0 Å². The number of hydrogen-bond donors (Lipinski definition) is 2. The van der Waals surface area contributed by atoms with E-state index in [0.29, 0.717) is 29.6 Å². The first-order valence-corrected chi connectivity index (χ1v) is 6.80. The number of methoxy groups -OCH3 is 2. The lowest BCUT2D eigenvalue weighted by molar-refractivity contribution is -0.0314. The zero-order chi connectivity index (χ0) is 13.9. The lowest BCUT2D eigenvalue weighted by Gasteiger charge is -2.36. The van der Waals surface area contributed by atoms with E-state index in [-0.39, 0.29) is 0 Å². The maximum absolute atomic E-state index is 10.0. The van der Waals surface area contributed by atoms with E-state index in [0.717, 1.165) is 24.8 Å². The van der Waals surface area contributed by atoms with Crippen LogP contribution in [0.2, 0.25) is 5.02 Å². The molecule has 19 heavy (non-hydrogen) atoms. The smallest absolute Gasteiger partial charge is 0.179 e. The second kappa shape index (κ2) is 5.99. The zero-order valence-electron chi connectivity index (χ0n) is 11.3. The molecule has 2 rings (SSSR count). The van der Waals surface area contributed by atoms with Gasteiger partial charge in [0.25, 0.3) is 0 Å². The first-order chi connectivity index (χ1) is 9.09. The van der Waals surface area contributed by atoms with Gasteiger partial charge in [0.05, 0.1) is 24.8 Å². The van der Waals surface area contributed by atoms with Gasteiger partial charge in [-0.15, -0.1) is 0 Å². The fourth-order valence-electron chi connectivity index (χ4n) is 2.26. The number of ether oxygens (including phenoxy) is 2. The predicted octanol–water partition coefficient (Wildman–Crippen LogP) is 2.36. The minimum absolute atomic E-state index is 0.525. The SMILES string of the molecule is COc1ccc(CNCC2(O)CCC2)c(Cl)c1OC. The van der Waals surface area contributed by atoms with Gasteiger partial charge < -0.3 is 19.9 Å². The van der Waals surface area contributed by atoms with Crippen LogP contribution in [0.25, 0.3) is 0 Å². The van der Waals surface area contributed by atoms with Crippen LogP contribution in [0.1, 0.15) is 24.8 Å². The van der Waals surface area contributed by atoms with Gasteiger partial charge in [0, 0.05) is 13.1 Å². The van der Waals surface area contributed by atoms with E-state index in [1.807, 2.05) is 12.1 Å². The summed E-state index contributed by atoms with van der Waals surface area (Å²) >= 11 is 6.28. The molecule has 0 unspecified atom stereocenters. The molecule has 0 saturated heterocycles. The molecule has 0 aromatic heterocycles. The van der Waals surface area contributed by atoms with Gasteiger partial charge in [-0.1, -0.05) is 17.7 Å². The number of aliphatic hydroxyl groups is 1. The van der Waals surface area contributed by atoms with Crippen LogP contribution in [0.5, 0.6) is 11.5 Å². The van der Waals surface area contributed by atoms with Crippen LogP contribution in [0.3, 0.4) is 0 Å². The van der Waals surface area contributed by atoms with Gasteiger partial charge >= 0.3 is 0 Å². The average molecular weight is 286 g/mol. The highest BCUT2D eigenvalue weighted by molar-refractivity contribution is 6.33. The van der Waals surface area contributed by atoms with Gasteiger partial charge in [0.1, 0.15) is 0 Å². The summed E-state index contributed by atoms with van der Waals surface area (Å²) in [4.78, 5) is 0. The molecule has 1 aliphatic carbocycles. The molecule has 0 atom stereocenters. The molecule has 1 fully saturated rings. The van der Waals surface area contributed by atoms with Crippen molar-refractivity contribution >= 4 is 11.6 Å². The van der Waals surface area contributed by atoms with E-state index in [9.17, 15) is 5.11 Å². The molecule has 0 aliphatic heterocycles. The number of hydrogen-bond acceptors (Lipinski definition) is 4. The molecule has 5 heteroatoms. The topological polar surface area (TPSA) is 50.7 Å². The van der Waals surface area contributed by atoms with Crippen LogP contribution in [0, 0.1) is 0 Å². The number of halogens is 1. The molecule has 2 N–H and O–H groups in total. The third-order valence-electron chi connectivity index (χ3n) is 3.62. The summed E-state index contributed by atoms with van der Waals surface area (Å²) in [5.41, 5.74) is 0.408. The summed E-state index contributed by atoms with van der Waals surface area (Å²) in [6, 6.07) is 3.74.